The van der Waals surface area contributed by atoms with Crippen LogP contribution >= 0.6 is 11.6 Å². The zero-order chi connectivity index (χ0) is 13.7. The Labute approximate surface area is 118 Å². The number of halogens is 1. The maximum absolute atomic E-state index is 12.2. The normalized spacial score (nSPS) is 16.3. The van der Waals surface area contributed by atoms with Crippen molar-refractivity contribution in [1.82, 2.24) is 9.80 Å². The van der Waals surface area contributed by atoms with Crippen molar-refractivity contribution < 1.29 is 9.53 Å². The molecule has 5 heteroatoms. The van der Waals surface area contributed by atoms with Crippen molar-refractivity contribution in [2.24, 2.45) is 0 Å². The molecule has 0 aliphatic carbocycles. The molecule has 0 atom stereocenters. The summed E-state index contributed by atoms with van der Waals surface area (Å²) in [5, 5.41) is 0.505. The first-order valence-corrected chi connectivity index (χ1v) is 6.86. The molecule has 1 heterocycles. The molecule has 1 aliphatic rings. The van der Waals surface area contributed by atoms with Crippen LogP contribution in [0.3, 0.4) is 0 Å². The Bertz CT molecular complexity index is 433. The molecule has 19 heavy (non-hydrogen) atoms. The van der Waals surface area contributed by atoms with E-state index in [9.17, 15) is 4.79 Å². The number of hydrogen-bond acceptors (Lipinski definition) is 3. The standard InChI is InChI=1S/C14H19ClN2O2/c1-16(6-7-17-8-10-19-11-9-17)14(18)12-4-2-3-5-13(12)15/h2-5H,6-11H2,1H3. The van der Waals surface area contributed by atoms with Crippen LogP contribution in [-0.2, 0) is 4.74 Å². The van der Waals surface area contributed by atoms with E-state index in [2.05, 4.69) is 4.90 Å². The Morgan fingerprint density at radius 1 is 1.37 bits per heavy atom. The van der Waals surface area contributed by atoms with Gasteiger partial charge < -0.3 is 9.64 Å². The molecule has 1 amide bonds. The molecule has 0 spiro atoms. The first kappa shape index (κ1) is 14.3. The number of carbonyl (C=O) groups is 1. The molecule has 1 saturated heterocycles. The molecule has 1 fully saturated rings. The van der Waals surface area contributed by atoms with E-state index in [1.807, 2.05) is 19.2 Å². The summed E-state index contributed by atoms with van der Waals surface area (Å²) in [5.41, 5.74) is 0.564. The molecular weight excluding hydrogens is 264 g/mol. The second kappa shape index (κ2) is 6.89. The van der Waals surface area contributed by atoms with Crippen LogP contribution in [0.4, 0.5) is 0 Å². The molecule has 1 aliphatic heterocycles. The van der Waals surface area contributed by atoms with Gasteiger partial charge in [-0.25, -0.2) is 0 Å². The minimum absolute atomic E-state index is 0.0288. The quantitative estimate of drug-likeness (QED) is 0.843. The molecule has 4 nitrogen and oxygen atoms in total. The van der Waals surface area contributed by atoms with Crippen molar-refractivity contribution in [3.63, 3.8) is 0 Å². The second-order valence-corrected chi connectivity index (χ2v) is 5.07. The topological polar surface area (TPSA) is 32.8 Å². The van der Waals surface area contributed by atoms with Gasteiger partial charge in [-0.15, -0.1) is 0 Å². The average Bonchev–Trinajstić information content (AvgIpc) is 2.45. The van der Waals surface area contributed by atoms with Gasteiger partial charge in [-0.05, 0) is 12.1 Å². The highest BCUT2D eigenvalue weighted by Gasteiger charge is 2.16. The molecule has 0 saturated carbocycles. The van der Waals surface area contributed by atoms with E-state index in [0.29, 0.717) is 17.1 Å². The van der Waals surface area contributed by atoms with Gasteiger partial charge >= 0.3 is 0 Å². The van der Waals surface area contributed by atoms with Crippen LogP contribution in [0.25, 0.3) is 0 Å². The third-order valence-corrected chi connectivity index (χ3v) is 3.64. The first-order valence-electron chi connectivity index (χ1n) is 6.48. The lowest BCUT2D eigenvalue weighted by Gasteiger charge is -2.28. The van der Waals surface area contributed by atoms with Crippen LogP contribution in [0.2, 0.25) is 5.02 Å². The highest BCUT2D eigenvalue weighted by Crippen LogP contribution is 2.16. The monoisotopic (exact) mass is 282 g/mol. The van der Waals surface area contributed by atoms with Crippen molar-refractivity contribution in [1.29, 1.82) is 0 Å². The third kappa shape index (κ3) is 3.93. The molecule has 0 N–H and O–H groups in total. The number of carbonyl (C=O) groups excluding carboxylic acids is 1. The Hall–Kier alpha value is -1.10. The lowest BCUT2D eigenvalue weighted by molar-refractivity contribution is 0.0338. The van der Waals surface area contributed by atoms with Crippen LogP contribution in [0.1, 0.15) is 10.4 Å². The van der Waals surface area contributed by atoms with Crippen LogP contribution < -0.4 is 0 Å². The number of likely N-dealkylation sites (N-methyl/N-ethyl adjacent to an activating group) is 1. The SMILES string of the molecule is CN(CCN1CCOCC1)C(=O)c1ccccc1Cl. The lowest BCUT2D eigenvalue weighted by Crippen LogP contribution is -2.42. The summed E-state index contributed by atoms with van der Waals surface area (Å²) in [7, 11) is 1.81. The predicted molar refractivity (Wildman–Crippen MR) is 75.7 cm³/mol. The maximum Gasteiger partial charge on any atom is 0.255 e. The molecule has 0 radical (unpaired) electrons. The van der Waals surface area contributed by atoms with Crippen molar-refractivity contribution >= 4 is 17.5 Å². The van der Waals surface area contributed by atoms with E-state index >= 15 is 0 Å². The van der Waals surface area contributed by atoms with Gasteiger partial charge in [-0.1, -0.05) is 23.7 Å². The summed E-state index contributed by atoms with van der Waals surface area (Å²) in [6.45, 7) is 5.01. The van der Waals surface area contributed by atoms with Gasteiger partial charge in [0.15, 0.2) is 0 Å². The van der Waals surface area contributed by atoms with E-state index in [0.717, 1.165) is 32.8 Å². The fourth-order valence-electron chi connectivity index (χ4n) is 2.06. The first-order chi connectivity index (χ1) is 9.18. The largest absolute Gasteiger partial charge is 0.379 e. The molecule has 1 aromatic rings. The summed E-state index contributed by atoms with van der Waals surface area (Å²) in [6.07, 6.45) is 0. The number of amides is 1. The van der Waals surface area contributed by atoms with Gasteiger partial charge in [0.1, 0.15) is 0 Å². The Morgan fingerprint density at radius 2 is 2.05 bits per heavy atom. The fourth-order valence-corrected chi connectivity index (χ4v) is 2.27. The van der Waals surface area contributed by atoms with Crippen molar-refractivity contribution in [2.75, 3.05) is 46.4 Å². The Morgan fingerprint density at radius 3 is 2.74 bits per heavy atom. The summed E-state index contributed by atoms with van der Waals surface area (Å²) < 4.78 is 5.30. The number of rotatable bonds is 4. The van der Waals surface area contributed by atoms with Gasteiger partial charge in [0.2, 0.25) is 0 Å². The molecular formula is C14H19ClN2O2. The maximum atomic E-state index is 12.2. The number of hydrogen-bond donors (Lipinski definition) is 0. The van der Waals surface area contributed by atoms with E-state index in [1.165, 1.54) is 0 Å². The summed E-state index contributed by atoms with van der Waals surface area (Å²) in [6, 6.07) is 7.16. The average molecular weight is 283 g/mol. The molecule has 0 unspecified atom stereocenters. The predicted octanol–water partition coefficient (Wildman–Crippen LogP) is 1.74. The highest BCUT2D eigenvalue weighted by atomic mass is 35.5. The smallest absolute Gasteiger partial charge is 0.255 e. The van der Waals surface area contributed by atoms with Gasteiger partial charge in [-0.2, -0.15) is 0 Å². The van der Waals surface area contributed by atoms with Crippen molar-refractivity contribution in [3.8, 4) is 0 Å². The summed E-state index contributed by atoms with van der Waals surface area (Å²) >= 11 is 6.04. The Balaban J connectivity index is 1.87. The van der Waals surface area contributed by atoms with E-state index in [1.54, 1.807) is 17.0 Å². The lowest BCUT2D eigenvalue weighted by atomic mass is 10.2. The van der Waals surface area contributed by atoms with Crippen LogP contribution in [0.5, 0.6) is 0 Å². The zero-order valence-corrected chi connectivity index (χ0v) is 11.9. The highest BCUT2D eigenvalue weighted by molar-refractivity contribution is 6.33. The van der Waals surface area contributed by atoms with Crippen molar-refractivity contribution in [2.45, 2.75) is 0 Å². The molecule has 1 aromatic carbocycles. The van der Waals surface area contributed by atoms with E-state index in [4.69, 9.17) is 16.3 Å². The van der Waals surface area contributed by atoms with Crippen LogP contribution in [0, 0.1) is 0 Å². The summed E-state index contributed by atoms with van der Waals surface area (Å²) in [4.78, 5) is 16.3. The molecule has 0 aromatic heterocycles. The van der Waals surface area contributed by atoms with Gasteiger partial charge in [-0.3, -0.25) is 9.69 Å². The third-order valence-electron chi connectivity index (χ3n) is 3.31. The zero-order valence-electron chi connectivity index (χ0n) is 11.1. The van der Waals surface area contributed by atoms with Gasteiger partial charge in [0.05, 0.1) is 23.8 Å². The van der Waals surface area contributed by atoms with Crippen molar-refractivity contribution in [3.05, 3.63) is 34.9 Å². The molecule has 104 valence electrons. The van der Waals surface area contributed by atoms with E-state index in [-0.39, 0.29) is 5.91 Å². The van der Waals surface area contributed by atoms with Crippen LogP contribution in [0.15, 0.2) is 24.3 Å². The number of benzene rings is 1. The number of morpholine rings is 1. The fraction of sp³-hybridized carbons (Fsp3) is 0.500. The van der Waals surface area contributed by atoms with E-state index < -0.39 is 0 Å². The number of ether oxygens (including phenoxy) is 1. The van der Waals surface area contributed by atoms with Crippen LogP contribution in [-0.4, -0.2) is 62.1 Å². The molecule has 2 rings (SSSR count). The number of nitrogens with zero attached hydrogens (tertiary/aromatic N) is 2. The minimum atomic E-state index is -0.0288. The second-order valence-electron chi connectivity index (χ2n) is 4.66. The van der Waals surface area contributed by atoms with Gasteiger partial charge in [0, 0.05) is 33.2 Å². The Kier molecular flexibility index (Phi) is 5.19. The molecule has 0 bridgehead atoms. The summed E-state index contributed by atoms with van der Waals surface area (Å²) in [5.74, 6) is -0.0288. The minimum Gasteiger partial charge on any atom is -0.379 e. The van der Waals surface area contributed by atoms with Gasteiger partial charge in [0.25, 0.3) is 5.91 Å².